The highest BCUT2D eigenvalue weighted by Crippen LogP contribution is 2.13. The van der Waals surface area contributed by atoms with E-state index in [1.54, 1.807) is 10.8 Å². The maximum absolute atomic E-state index is 12.3. The lowest BCUT2D eigenvalue weighted by Gasteiger charge is -2.33. The van der Waals surface area contributed by atoms with Gasteiger partial charge in [0, 0.05) is 50.1 Å². The number of hydrogen-bond donors (Lipinski definition) is 1. The number of nitrogens with zero attached hydrogens (tertiary/aromatic N) is 2. The van der Waals surface area contributed by atoms with Crippen LogP contribution in [0.2, 0.25) is 0 Å². The summed E-state index contributed by atoms with van der Waals surface area (Å²) in [5.74, 6) is -0.182. The number of aryl methyl sites for hydroxylation is 2. The van der Waals surface area contributed by atoms with Gasteiger partial charge in [0.1, 0.15) is 5.56 Å². The molecule has 0 unspecified atom stereocenters. The molecule has 6 heteroatoms. The second-order valence-corrected chi connectivity index (χ2v) is 6.53. The van der Waals surface area contributed by atoms with Crippen LogP contribution in [0.15, 0.2) is 17.1 Å². The van der Waals surface area contributed by atoms with Crippen molar-refractivity contribution < 1.29 is 9.59 Å². The summed E-state index contributed by atoms with van der Waals surface area (Å²) in [6, 6.07) is 1.48. The quantitative estimate of drug-likeness (QED) is 0.906. The van der Waals surface area contributed by atoms with Crippen LogP contribution >= 0.6 is 0 Å². The van der Waals surface area contributed by atoms with Gasteiger partial charge in [-0.25, -0.2) is 0 Å². The van der Waals surface area contributed by atoms with Gasteiger partial charge in [0.2, 0.25) is 5.91 Å². The Balaban J connectivity index is 1.97. The third-order valence-corrected chi connectivity index (χ3v) is 4.36. The lowest BCUT2D eigenvalue weighted by Crippen LogP contribution is -2.48. The molecule has 2 heterocycles. The number of amides is 2. The molecule has 23 heavy (non-hydrogen) atoms. The fraction of sp³-hybridized carbons (Fsp3) is 0.588. The average Bonchev–Trinajstić information content (AvgIpc) is 2.50. The molecule has 2 rings (SSSR count). The van der Waals surface area contributed by atoms with E-state index in [4.69, 9.17) is 0 Å². The molecule has 1 aliphatic heterocycles. The van der Waals surface area contributed by atoms with Crippen LogP contribution in [0.1, 0.15) is 42.7 Å². The van der Waals surface area contributed by atoms with Crippen molar-refractivity contribution in [1.82, 2.24) is 14.8 Å². The summed E-state index contributed by atoms with van der Waals surface area (Å²) in [6.45, 7) is 6.90. The number of hydrogen-bond acceptors (Lipinski definition) is 3. The van der Waals surface area contributed by atoms with E-state index in [0.717, 1.165) is 18.5 Å². The number of carbonyl (C=O) groups is 2. The van der Waals surface area contributed by atoms with Crippen molar-refractivity contribution >= 4 is 11.8 Å². The molecule has 126 valence electrons. The van der Waals surface area contributed by atoms with E-state index in [1.165, 1.54) is 6.07 Å². The highest BCUT2D eigenvalue weighted by atomic mass is 16.2. The predicted molar refractivity (Wildman–Crippen MR) is 88.3 cm³/mol. The van der Waals surface area contributed by atoms with E-state index in [1.807, 2.05) is 32.7 Å². The van der Waals surface area contributed by atoms with Gasteiger partial charge >= 0.3 is 0 Å². The molecule has 0 saturated carbocycles. The average molecular weight is 319 g/mol. The number of aromatic nitrogens is 1. The van der Waals surface area contributed by atoms with Crippen LogP contribution in [-0.4, -0.2) is 40.4 Å². The zero-order valence-corrected chi connectivity index (χ0v) is 14.3. The van der Waals surface area contributed by atoms with Crippen LogP contribution in [0, 0.1) is 12.8 Å². The van der Waals surface area contributed by atoms with Gasteiger partial charge in [-0.2, -0.15) is 0 Å². The summed E-state index contributed by atoms with van der Waals surface area (Å²) in [6.07, 6.45) is 3.01. The fourth-order valence-corrected chi connectivity index (χ4v) is 2.77. The summed E-state index contributed by atoms with van der Waals surface area (Å²) >= 11 is 0. The molecular weight excluding hydrogens is 294 g/mol. The number of piperidine rings is 1. The van der Waals surface area contributed by atoms with Crippen molar-refractivity contribution in [3.63, 3.8) is 0 Å². The van der Waals surface area contributed by atoms with Gasteiger partial charge in [-0.05, 0) is 19.8 Å². The largest absolute Gasteiger partial charge is 0.354 e. The molecule has 1 aromatic rings. The lowest BCUT2D eigenvalue weighted by atomic mass is 10.0. The lowest BCUT2D eigenvalue weighted by molar-refractivity contribution is -0.135. The van der Waals surface area contributed by atoms with Gasteiger partial charge in [-0.15, -0.1) is 0 Å². The van der Waals surface area contributed by atoms with Crippen LogP contribution in [0.4, 0.5) is 0 Å². The van der Waals surface area contributed by atoms with Gasteiger partial charge in [0.15, 0.2) is 5.43 Å². The summed E-state index contributed by atoms with van der Waals surface area (Å²) < 4.78 is 1.76. The monoisotopic (exact) mass is 319 g/mol. The minimum absolute atomic E-state index is 0.00304. The summed E-state index contributed by atoms with van der Waals surface area (Å²) in [4.78, 5) is 38.1. The van der Waals surface area contributed by atoms with Gasteiger partial charge in [0.25, 0.3) is 5.91 Å². The second-order valence-electron chi connectivity index (χ2n) is 6.53. The smallest absolute Gasteiger partial charge is 0.256 e. The predicted octanol–water partition coefficient (Wildman–Crippen LogP) is 1.07. The molecule has 1 saturated heterocycles. The van der Waals surface area contributed by atoms with Crippen LogP contribution in [-0.2, 0) is 11.8 Å². The van der Waals surface area contributed by atoms with Crippen molar-refractivity contribution in [3.05, 3.63) is 33.7 Å². The van der Waals surface area contributed by atoms with Gasteiger partial charge in [-0.1, -0.05) is 13.8 Å². The molecule has 0 aromatic carbocycles. The topological polar surface area (TPSA) is 71.4 Å². The fourth-order valence-electron chi connectivity index (χ4n) is 2.77. The zero-order valence-electron chi connectivity index (χ0n) is 14.3. The Morgan fingerprint density at radius 2 is 1.87 bits per heavy atom. The van der Waals surface area contributed by atoms with Crippen LogP contribution in [0.5, 0.6) is 0 Å². The molecule has 1 aliphatic rings. The molecule has 0 atom stereocenters. The molecular formula is C17H25N3O3. The van der Waals surface area contributed by atoms with E-state index in [2.05, 4.69) is 5.32 Å². The Hall–Kier alpha value is -2.11. The Morgan fingerprint density at radius 3 is 2.43 bits per heavy atom. The third kappa shape index (κ3) is 4.00. The zero-order chi connectivity index (χ0) is 17.1. The van der Waals surface area contributed by atoms with E-state index in [9.17, 15) is 14.4 Å². The first kappa shape index (κ1) is 17.2. The van der Waals surface area contributed by atoms with E-state index < -0.39 is 0 Å². The first-order valence-corrected chi connectivity index (χ1v) is 8.06. The normalized spacial score (nSPS) is 15.8. The van der Waals surface area contributed by atoms with Crippen molar-refractivity contribution in [2.45, 2.75) is 39.7 Å². The first-order chi connectivity index (χ1) is 10.8. The van der Waals surface area contributed by atoms with Crippen LogP contribution < -0.4 is 10.7 Å². The Labute approximate surface area is 136 Å². The Kier molecular flexibility index (Phi) is 5.23. The summed E-state index contributed by atoms with van der Waals surface area (Å²) in [5, 5.41) is 2.92. The van der Waals surface area contributed by atoms with Crippen molar-refractivity contribution in [3.8, 4) is 0 Å². The molecule has 0 spiro atoms. The van der Waals surface area contributed by atoms with Crippen molar-refractivity contribution in [2.75, 3.05) is 13.1 Å². The number of rotatable bonds is 3. The van der Waals surface area contributed by atoms with Gasteiger partial charge < -0.3 is 14.8 Å². The Bertz CT molecular complexity index is 656. The standard InChI is InChI=1S/C17H25N3O3/c1-11(2)17(23)20-7-5-13(6-8-20)18-16(22)14-10-19(4)12(3)9-15(14)21/h9-11,13H,5-8H2,1-4H3,(H,18,22). The molecule has 0 radical (unpaired) electrons. The van der Waals surface area contributed by atoms with E-state index in [-0.39, 0.29) is 34.8 Å². The van der Waals surface area contributed by atoms with E-state index >= 15 is 0 Å². The third-order valence-electron chi connectivity index (χ3n) is 4.36. The maximum atomic E-state index is 12.3. The minimum atomic E-state index is -0.334. The second kappa shape index (κ2) is 6.98. The minimum Gasteiger partial charge on any atom is -0.354 e. The maximum Gasteiger partial charge on any atom is 0.256 e. The Morgan fingerprint density at radius 1 is 1.26 bits per heavy atom. The first-order valence-electron chi connectivity index (χ1n) is 8.06. The summed E-state index contributed by atoms with van der Waals surface area (Å²) in [5.41, 5.74) is 0.719. The molecule has 1 fully saturated rings. The van der Waals surface area contributed by atoms with Crippen LogP contribution in [0.3, 0.4) is 0 Å². The molecule has 0 aliphatic carbocycles. The highest BCUT2D eigenvalue weighted by molar-refractivity contribution is 5.94. The summed E-state index contributed by atoms with van der Waals surface area (Å²) in [7, 11) is 1.81. The highest BCUT2D eigenvalue weighted by Gasteiger charge is 2.25. The van der Waals surface area contributed by atoms with E-state index in [0.29, 0.717) is 13.1 Å². The number of pyridine rings is 1. The van der Waals surface area contributed by atoms with Crippen LogP contribution in [0.25, 0.3) is 0 Å². The van der Waals surface area contributed by atoms with Gasteiger partial charge in [0.05, 0.1) is 0 Å². The molecule has 1 aromatic heterocycles. The van der Waals surface area contributed by atoms with Crippen molar-refractivity contribution in [1.29, 1.82) is 0 Å². The number of likely N-dealkylation sites (tertiary alicyclic amines) is 1. The molecule has 2 amide bonds. The SMILES string of the molecule is Cc1cc(=O)c(C(=O)NC2CCN(C(=O)C(C)C)CC2)cn1C. The van der Waals surface area contributed by atoms with Crippen molar-refractivity contribution in [2.24, 2.45) is 13.0 Å². The molecule has 6 nitrogen and oxygen atoms in total. The molecule has 1 N–H and O–H groups in total. The number of carbonyl (C=O) groups excluding carboxylic acids is 2. The number of nitrogens with one attached hydrogen (secondary N) is 1. The van der Waals surface area contributed by atoms with Gasteiger partial charge in [-0.3, -0.25) is 14.4 Å². The molecule has 0 bridgehead atoms.